The highest BCUT2D eigenvalue weighted by Gasteiger charge is 2.11. The number of aryl methyl sites for hydroxylation is 2. The van der Waals surface area contributed by atoms with E-state index >= 15 is 0 Å². The summed E-state index contributed by atoms with van der Waals surface area (Å²) in [6, 6.07) is 3.25. The molecule has 2 aromatic rings. The van der Waals surface area contributed by atoms with Gasteiger partial charge in [-0.2, -0.15) is 0 Å². The molecule has 3 N–H and O–H groups in total. The van der Waals surface area contributed by atoms with Crippen molar-refractivity contribution in [1.29, 1.82) is 0 Å². The van der Waals surface area contributed by atoms with E-state index in [-0.39, 0.29) is 10.9 Å². The van der Waals surface area contributed by atoms with Crippen LogP contribution in [0.3, 0.4) is 0 Å². The number of carbonyl (C=O) groups excluding carboxylic acids is 1. The molecule has 2 rings (SSSR count). The molecule has 0 unspecified atom stereocenters. The van der Waals surface area contributed by atoms with E-state index in [1.54, 1.807) is 12.1 Å². The van der Waals surface area contributed by atoms with Gasteiger partial charge in [0, 0.05) is 16.6 Å². The van der Waals surface area contributed by atoms with Crippen molar-refractivity contribution in [2.45, 2.75) is 13.8 Å². The smallest absolute Gasteiger partial charge is 0.276 e. The third-order valence-electron chi connectivity index (χ3n) is 2.53. The second-order valence-electron chi connectivity index (χ2n) is 3.91. The van der Waals surface area contributed by atoms with Crippen molar-refractivity contribution >= 4 is 39.6 Å². The Bertz CT molecular complexity index is 614. The quantitative estimate of drug-likeness (QED) is 0.846. The highest BCUT2D eigenvalue weighted by atomic mass is 32.1. The molecule has 0 aliphatic heterocycles. The van der Waals surface area contributed by atoms with E-state index in [9.17, 15) is 4.79 Å². The molecule has 19 heavy (non-hydrogen) atoms. The number of thiazole rings is 1. The van der Waals surface area contributed by atoms with Crippen LogP contribution in [0, 0.1) is 13.8 Å². The van der Waals surface area contributed by atoms with Gasteiger partial charge in [-0.1, -0.05) is 12.2 Å². The second-order valence-corrected chi connectivity index (χ2v) is 5.55. The van der Waals surface area contributed by atoms with Gasteiger partial charge in [-0.25, -0.2) is 4.98 Å². The van der Waals surface area contributed by atoms with E-state index in [0.29, 0.717) is 16.4 Å². The standard InChI is InChI=1S/C12H12N4OS2/c1-6-7(2)19-12(15-6)16-11(17)9-4-3-8(5-14-9)10(13)18/h3-5H,1-2H3,(H2,13,18)(H,15,16,17). The van der Waals surface area contributed by atoms with E-state index in [0.717, 1.165) is 10.6 Å². The minimum absolute atomic E-state index is 0.255. The number of hydrogen-bond donors (Lipinski definition) is 2. The molecule has 1 amide bonds. The number of aromatic nitrogens is 2. The van der Waals surface area contributed by atoms with Crippen molar-refractivity contribution < 1.29 is 4.79 Å². The van der Waals surface area contributed by atoms with Crippen LogP contribution < -0.4 is 11.1 Å². The Morgan fingerprint density at radius 1 is 1.42 bits per heavy atom. The summed E-state index contributed by atoms with van der Waals surface area (Å²) in [6.07, 6.45) is 1.48. The van der Waals surface area contributed by atoms with Crippen molar-refractivity contribution in [2.75, 3.05) is 5.32 Å². The predicted molar refractivity (Wildman–Crippen MR) is 79.7 cm³/mol. The molecule has 0 aliphatic carbocycles. The summed E-state index contributed by atoms with van der Waals surface area (Å²) in [4.78, 5) is 21.5. The highest BCUT2D eigenvalue weighted by molar-refractivity contribution is 7.80. The summed E-state index contributed by atoms with van der Waals surface area (Å²) in [5, 5.41) is 3.28. The molecule has 0 radical (unpaired) electrons. The Kier molecular flexibility index (Phi) is 3.87. The summed E-state index contributed by atoms with van der Waals surface area (Å²) < 4.78 is 0. The largest absolute Gasteiger partial charge is 0.389 e. The average Bonchev–Trinajstić information content (AvgIpc) is 2.68. The number of carbonyl (C=O) groups is 1. The van der Waals surface area contributed by atoms with E-state index in [1.807, 2.05) is 13.8 Å². The monoisotopic (exact) mass is 292 g/mol. The number of amides is 1. The van der Waals surface area contributed by atoms with Crippen molar-refractivity contribution in [3.63, 3.8) is 0 Å². The van der Waals surface area contributed by atoms with Gasteiger partial charge >= 0.3 is 0 Å². The van der Waals surface area contributed by atoms with E-state index in [2.05, 4.69) is 15.3 Å². The average molecular weight is 292 g/mol. The topological polar surface area (TPSA) is 80.9 Å². The number of nitrogens with zero attached hydrogens (tertiary/aromatic N) is 2. The lowest BCUT2D eigenvalue weighted by Crippen LogP contribution is -2.15. The highest BCUT2D eigenvalue weighted by Crippen LogP contribution is 2.21. The molecule has 0 saturated carbocycles. The van der Waals surface area contributed by atoms with Crippen molar-refractivity contribution in [1.82, 2.24) is 9.97 Å². The Hall–Kier alpha value is -1.86. The van der Waals surface area contributed by atoms with Crippen LogP contribution in [0.4, 0.5) is 5.13 Å². The summed E-state index contributed by atoms with van der Waals surface area (Å²) in [6.45, 7) is 3.86. The van der Waals surface area contributed by atoms with Crippen LogP contribution in [-0.2, 0) is 0 Å². The number of rotatable bonds is 3. The van der Waals surface area contributed by atoms with Crippen LogP contribution in [0.1, 0.15) is 26.6 Å². The Balaban J connectivity index is 2.13. The molecule has 0 fully saturated rings. The first kappa shape index (κ1) is 13.6. The van der Waals surface area contributed by atoms with Crippen LogP contribution >= 0.6 is 23.6 Å². The number of thiocarbonyl (C=S) groups is 1. The zero-order valence-corrected chi connectivity index (χ0v) is 12.1. The van der Waals surface area contributed by atoms with Gasteiger partial charge in [-0.05, 0) is 26.0 Å². The van der Waals surface area contributed by atoms with Crippen LogP contribution in [0.15, 0.2) is 18.3 Å². The molecule has 0 saturated heterocycles. The lowest BCUT2D eigenvalue weighted by Gasteiger charge is -2.02. The predicted octanol–water partition coefficient (Wildman–Crippen LogP) is 2.04. The molecular formula is C12H12N4OS2. The molecular weight excluding hydrogens is 280 g/mol. The first-order valence-electron chi connectivity index (χ1n) is 5.48. The van der Waals surface area contributed by atoms with Gasteiger partial charge in [0.2, 0.25) is 0 Å². The van der Waals surface area contributed by atoms with Gasteiger partial charge in [0.1, 0.15) is 10.7 Å². The first-order valence-corrected chi connectivity index (χ1v) is 6.71. The lowest BCUT2D eigenvalue weighted by molar-refractivity contribution is 0.102. The summed E-state index contributed by atoms with van der Waals surface area (Å²) in [5.41, 5.74) is 7.31. The first-order chi connectivity index (χ1) is 8.97. The Morgan fingerprint density at radius 2 is 2.16 bits per heavy atom. The molecule has 2 heterocycles. The number of hydrogen-bond acceptors (Lipinski definition) is 5. The zero-order valence-electron chi connectivity index (χ0n) is 10.4. The number of nitrogens with one attached hydrogen (secondary N) is 1. The van der Waals surface area contributed by atoms with Crippen LogP contribution in [-0.4, -0.2) is 20.9 Å². The maximum Gasteiger partial charge on any atom is 0.276 e. The summed E-state index contributed by atoms with van der Waals surface area (Å²) >= 11 is 6.26. The lowest BCUT2D eigenvalue weighted by atomic mass is 10.2. The fourth-order valence-corrected chi connectivity index (χ4v) is 2.29. The van der Waals surface area contributed by atoms with Gasteiger partial charge in [0.05, 0.1) is 5.69 Å². The van der Waals surface area contributed by atoms with Gasteiger partial charge < -0.3 is 5.73 Å². The van der Waals surface area contributed by atoms with Gasteiger partial charge in [0.15, 0.2) is 5.13 Å². The number of anilines is 1. The third-order valence-corrected chi connectivity index (χ3v) is 3.75. The maximum absolute atomic E-state index is 11.9. The third kappa shape index (κ3) is 3.12. The van der Waals surface area contributed by atoms with Crippen molar-refractivity contribution in [3.05, 3.63) is 40.2 Å². The van der Waals surface area contributed by atoms with Crippen LogP contribution in [0.2, 0.25) is 0 Å². The molecule has 0 atom stereocenters. The van der Waals surface area contributed by atoms with Crippen molar-refractivity contribution in [2.24, 2.45) is 5.73 Å². The molecule has 0 aliphatic rings. The molecule has 7 heteroatoms. The maximum atomic E-state index is 11.9. The second kappa shape index (κ2) is 5.41. The molecule has 98 valence electrons. The van der Waals surface area contributed by atoms with Gasteiger partial charge in [-0.15, -0.1) is 11.3 Å². The van der Waals surface area contributed by atoms with E-state index in [4.69, 9.17) is 18.0 Å². The molecule has 0 bridgehead atoms. The normalized spacial score (nSPS) is 10.2. The number of pyridine rings is 1. The van der Waals surface area contributed by atoms with E-state index < -0.39 is 0 Å². The Morgan fingerprint density at radius 3 is 2.63 bits per heavy atom. The Labute approximate surface area is 119 Å². The minimum atomic E-state index is -0.303. The minimum Gasteiger partial charge on any atom is -0.389 e. The fourth-order valence-electron chi connectivity index (χ4n) is 1.36. The zero-order chi connectivity index (χ0) is 14.0. The van der Waals surface area contributed by atoms with Crippen LogP contribution in [0.5, 0.6) is 0 Å². The molecule has 0 aromatic carbocycles. The summed E-state index contributed by atoms with van der Waals surface area (Å²) in [5.74, 6) is -0.303. The fraction of sp³-hybridized carbons (Fsp3) is 0.167. The summed E-state index contributed by atoms with van der Waals surface area (Å²) in [7, 11) is 0. The SMILES string of the molecule is Cc1nc(NC(=O)c2ccc(C(N)=S)cn2)sc1C. The number of nitrogens with two attached hydrogens (primary N) is 1. The van der Waals surface area contributed by atoms with Gasteiger partial charge in [-0.3, -0.25) is 15.1 Å². The van der Waals surface area contributed by atoms with Gasteiger partial charge in [0.25, 0.3) is 5.91 Å². The van der Waals surface area contributed by atoms with Crippen LogP contribution in [0.25, 0.3) is 0 Å². The van der Waals surface area contributed by atoms with Crippen molar-refractivity contribution in [3.8, 4) is 0 Å². The van der Waals surface area contributed by atoms with E-state index in [1.165, 1.54) is 17.5 Å². The molecule has 2 aromatic heterocycles. The molecule has 0 spiro atoms. The molecule has 5 nitrogen and oxygen atoms in total.